The van der Waals surface area contributed by atoms with Gasteiger partial charge in [-0.05, 0) is 93.7 Å². The number of benzene rings is 1. The van der Waals surface area contributed by atoms with Crippen molar-refractivity contribution in [3.8, 4) is 6.07 Å². The fraction of sp³-hybridized carbons (Fsp3) is 0.565. The Morgan fingerprint density at radius 3 is 2.30 bits per heavy atom. The predicted molar refractivity (Wildman–Crippen MR) is 102 cm³/mol. The van der Waals surface area contributed by atoms with Gasteiger partial charge >= 0.3 is 5.97 Å². The number of hydrogen-bond acceptors (Lipinski definition) is 3. The van der Waals surface area contributed by atoms with Crippen LogP contribution in [0.15, 0.2) is 30.4 Å². The van der Waals surface area contributed by atoms with Gasteiger partial charge in [-0.25, -0.2) is 9.18 Å². The summed E-state index contributed by atoms with van der Waals surface area (Å²) in [7, 11) is 0. The third-order valence-electron chi connectivity index (χ3n) is 6.33. The molecule has 2 fully saturated rings. The molecule has 0 aliphatic heterocycles. The van der Waals surface area contributed by atoms with Crippen LogP contribution in [0.4, 0.5) is 4.39 Å². The predicted octanol–water partition coefficient (Wildman–Crippen LogP) is 5.65. The van der Waals surface area contributed by atoms with E-state index in [-0.39, 0.29) is 17.6 Å². The maximum Gasteiger partial charge on any atom is 0.330 e. The highest BCUT2D eigenvalue weighted by atomic mass is 19.1. The first-order chi connectivity index (χ1) is 13.1. The fourth-order valence-electron chi connectivity index (χ4n) is 4.82. The van der Waals surface area contributed by atoms with Crippen LogP contribution < -0.4 is 0 Å². The molecule has 0 heterocycles. The van der Waals surface area contributed by atoms with Crippen LogP contribution in [-0.4, -0.2) is 12.1 Å². The largest absolute Gasteiger partial charge is 0.459 e. The van der Waals surface area contributed by atoms with Crippen molar-refractivity contribution in [1.82, 2.24) is 0 Å². The third-order valence-corrected chi connectivity index (χ3v) is 6.33. The second-order valence-corrected chi connectivity index (χ2v) is 7.94. The number of carbonyl (C=O) groups excluding carboxylic acids is 1. The summed E-state index contributed by atoms with van der Waals surface area (Å²) >= 11 is 0. The van der Waals surface area contributed by atoms with Gasteiger partial charge in [0.15, 0.2) is 0 Å². The molecule has 2 aliphatic rings. The Hall–Kier alpha value is -2.15. The summed E-state index contributed by atoms with van der Waals surface area (Å²) in [4.78, 5) is 11.6. The second-order valence-electron chi connectivity index (χ2n) is 7.94. The molecule has 0 amide bonds. The smallest absolute Gasteiger partial charge is 0.330 e. The molecule has 3 rings (SSSR count). The minimum absolute atomic E-state index is 0.0721. The monoisotopic (exact) mass is 369 g/mol. The van der Waals surface area contributed by atoms with E-state index in [0.29, 0.717) is 5.92 Å². The van der Waals surface area contributed by atoms with Gasteiger partial charge in [0.05, 0.1) is 5.56 Å². The van der Waals surface area contributed by atoms with Crippen LogP contribution in [0, 0.1) is 29.0 Å². The zero-order valence-corrected chi connectivity index (χ0v) is 16.0. The minimum atomic E-state index is -0.400. The number of hydrogen-bond donors (Lipinski definition) is 0. The molecule has 0 saturated heterocycles. The van der Waals surface area contributed by atoms with Crippen LogP contribution in [0.1, 0.15) is 75.3 Å². The van der Waals surface area contributed by atoms with Crippen molar-refractivity contribution in [3.05, 3.63) is 47.3 Å². The molecular weight excluding hydrogens is 341 g/mol. The first-order valence-corrected chi connectivity index (χ1v) is 10.1. The summed E-state index contributed by atoms with van der Waals surface area (Å²) in [5.74, 6) is 1.23. The zero-order chi connectivity index (χ0) is 19.2. The lowest BCUT2D eigenvalue weighted by Gasteiger charge is -2.37. The first kappa shape index (κ1) is 19.6. The van der Waals surface area contributed by atoms with E-state index in [1.54, 1.807) is 18.2 Å². The van der Waals surface area contributed by atoms with Gasteiger partial charge in [0, 0.05) is 6.08 Å². The van der Waals surface area contributed by atoms with E-state index in [1.165, 1.54) is 18.9 Å². The van der Waals surface area contributed by atoms with Crippen molar-refractivity contribution in [3.63, 3.8) is 0 Å². The lowest BCUT2D eigenvalue weighted by molar-refractivity contribution is -0.145. The Kier molecular flexibility index (Phi) is 6.66. The number of nitrogens with zero attached hydrogens (tertiary/aromatic N) is 1. The molecule has 0 aromatic heterocycles. The summed E-state index contributed by atoms with van der Waals surface area (Å²) in [6, 6.07) is 6.95. The lowest BCUT2D eigenvalue weighted by atomic mass is 9.69. The number of allylic oxidation sites excluding steroid dienone is 1. The standard InChI is InChI=1S/C23H28FNO2/c1-2-3-23(26)27-21-12-10-17(11-13-21)16-4-6-18(7-5-16)19-8-9-20(15-25)22(24)14-19/h2-3,8-9,14,16-18,21H,4-7,10-13H2,1H3/b3-2+. The Morgan fingerprint density at radius 2 is 1.74 bits per heavy atom. The van der Waals surface area contributed by atoms with Gasteiger partial charge in [0.2, 0.25) is 0 Å². The van der Waals surface area contributed by atoms with Gasteiger partial charge in [0.1, 0.15) is 18.0 Å². The van der Waals surface area contributed by atoms with E-state index in [1.807, 2.05) is 19.1 Å². The number of carbonyl (C=O) groups is 1. The van der Waals surface area contributed by atoms with E-state index in [4.69, 9.17) is 10.00 Å². The minimum Gasteiger partial charge on any atom is -0.459 e. The number of esters is 1. The number of nitriles is 1. The normalized spacial score (nSPS) is 28.6. The molecule has 0 unspecified atom stereocenters. The Labute approximate surface area is 161 Å². The lowest BCUT2D eigenvalue weighted by Crippen LogP contribution is -2.29. The van der Waals surface area contributed by atoms with Gasteiger partial charge in [-0.15, -0.1) is 0 Å². The highest BCUT2D eigenvalue weighted by molar-refractivity contribution is 5.81. The van der Waals surface area contributed by atoms with Crippen LogP contribution >= 0.6 is 0 Å². The summed E-state index contributed by atoms with van der Waals surface area (Å²) < 4.78 is 19.4. The fourth-order valence-corrected chi connectivity index (χ4v) is 4.82. The van der Waals surface area contributed by atoms with Crippen molar-refractivity contribution >= 4 is 5.97 Å². The number of ether oxygens (including phenoxy) is 1. The van der Waals surface area contributed by atoms with Crippen molar-refractivity contribution in [1.29, 1.82) is 5.26 Å². The van der Waals surface area contributed by atoms with Gasteiger partial charge in [0.25, 0.3) is 0 Å². The second kappa shape index (κ2) is 9.17. The summed E-state index contributed by atoms with van der Waals surface area (Å²) in [5.41, 5.74) is 1.16. The molecule has 1 aromatic carbocycles. The number of rotatable bonds is 4. The molecular formula is C23H28FNO2. The van der Waals surface area contributed by atoms with E-state index in [2.05, 4.69) is 0 Å². The number of halogens is 1. The SMILES string of the molecule is C/C=C/C(=O)OC1CCC(C2CCC(c3ccc(C#N)c(F)c3)CC2)CC1. The molecule has 27 heavy (non-hydrogen) atoms. The first-order valence-electron chi connectivity index (χ1n) is 10.1. The van der Waals surface area contributed by atoms with Crippen molar-refractivity contribution < 1.29 is 13.9 Å². The highest BCUT2D eigenvalue weighted by Gasteiger charge is 2.32. The van der Waals surface area contributed by atoms with E-state index >= 15 is 0 Å². The molecule has 144 valence electrons. The summed E-state index contributed by atoms with van der Waals surface area (Å²) in [6.45, 7) is 1.82. The van der Waals surface area contributed by atoms with Gasteiger partial charge < -0.3 is 4.74 Å². The van der Waals surface area contributed by atoms with Crippen LogP contribution in [0.25, 0.3) is 0 Å². The van der Waals surface area contributed by atoms with Gasteiger partial charge in [-0.3, -0.25) is 0 Å². The van der Waals surface area contributed by atoms with E-state index in [0.717, 1.165) is 55.9 Å². The molecule has 3 nitrogen and oxygen atoms in total. The molecule has 2 saturated carbocycles. The van der Waals surface area contributed by atoms with Crippen molar-refractivity contribution in [2.45, 2.75) is 70.3 Å². The highest BCUT2D eigenvalue weighted by Crippen LogP contribution is 2.43. The van der Waals surface area contributed by atoms with Crippen LogP contribution in [0.2, 0.25) is 0 Å². The van der Waals surface area contributed by atoms with Gasteiger partial charge in [-0.2, -0.15) is 5.26 Å². The Morgan fingerprint density at radius 1 is 1.11 bits per heavy atom. The molecule has 0 radical (unpaired) electrons. The maximum atomic E-state index is 13.9. The quantitative estimate of drug-likeness (QED) is 0.509. The summed E-state index contributed by atoms with van der Waals surface area (Å²) in [6.07, 6.45) is 12.0. The van der Waals surface area contributed by atoms with Crippen molar-refractivity contribution in [2.75, 3.05) is 0 Å². The average Bonchev–Trinajstić information content (AvgIpc) is 2.69. The van der Waals surface area contributed by atoms with E-state index in [9.17, 15) is 9.18 Å². The molecule has 1 aromatic rings. The third kappa shape index (κ3) is 4.97. The van der Waals surface area contributed by atoms with Crippen molar-refractivity contribution in [2.24, 2.45) is 11.8 Å². The van der Waals surface area contributed by atoms with Crippen LogP contribution in [0.5, 0.6) is 0 Å². The topological polar surface area (TPSA) is 50.1 Å². The molecule has 0 spiro atoms. The molecule has 0 bridgehead atoms. The average molecular weight is 369 g/mol. The summed E-state index contributed by atoms with van der Waals surface area (Å²) in [5, 5.41) is 8.87. The molecule has 2 aliphatic carbocycles. The zero-order valence-electron chi connectivity index (χ0n) is 16.0. The van der Waals surface area contributed by atoms with Crippen LogP contribution in [0.3, 0.4) is 0 Å². The van der Waals surface area contributed by atoms with E-state index < -0.39 is 5.82 Å². The van der Waals surface area contributed by atoms with Crippen LogP contribution in [-0.2, 0) is 9.53 Å². The Balaban J connectivity index is 1.47. The maximum absolute atomic E-state index is 13.9. The molecule has 0 atom stereocenters. The Bertz CT molecular complexity index is 720. The van der Waals surface area contributed by atoms with Gasteiger partial charge in [-0.1, -0.05) is 12.1 Å². The molecule has 4 heteroatoms. The molecule has 0 N–H and O–H groups in total.